The average molecular weight is 499 g/mol. The van der Waals surface area contributed by atoms with Crippen LogP contribution >= 0.6 is 0 Å². The molecule has 4 atom stereocenters. The second-order valence-corrected chi connectivity index (χ2v) is 14.0. The lowest BCUT2D eigenvalue weighted by Crippen LogP contribution is -2.43. The van der Waals surface area contributed by atoms with Crippen LogP contribution in [0.1, 0.15) is 133 Å². The molecule has 0 radical (unpaired) electrons. The third-order valence-corrected chi connectivity index (χ3v) is 7.95. The van der Waals surface area contributed by atoms with E-state index in [-0.39, 0.29) is 0 Å². The smallest absolute Gasteiger partial charge is 0.0266 e. The van der Waals surface area contributed by atoms with Crippen molar-refractivity contribution in [3.8, 4) is 0 Å². The lowest BCUT2D eigenvalue weighted by Gasteiger charge is -2.46. The first-order valence-electron chi connectivity index (χ1n) is 14.9. The Kier molecular flexibility index (Phi) is 13.7. The van der Waals surface area contributed by atoms with Crippen molar-refractivity contribution in [3.05, 3.63) is 48.9 Å². The molecule has 0 aromatic heterocycles. The van der Waals surface area contributed by atoms with Crippen LogP contribution in [-0.4, -0.2) is 12.1 Å². The molecule has 2 nitrogen and oxygen atoms in total. The molecule has 0 saturated heterocycles. The predicted molar refractivity (Wildman–Crippen MR) is 163 cm³/mol. The largest absolute Gasteiger partial charge is 0.388 e. The average Bonchev–Trinajstić information content (AvgIpc) is 2.75. The molecule has 208 valence electrons. The monoisotopic (exact) mass is 498 g/mol. The van der Waals surface area contributed by atoms with Gasteiger partial charge in [-0.3, -0.25) is 0 Å². The molecule has 0 spiro atoms. The zero-order valence-electron chi connectivity index (χ0n) is 25.8. The minimum Gasteiger partial charge on any atom is -0.388 e. The van der Waals surface area contributed by atoms with Crippen molar-refractivity contribution in [1.29, 1.82) is 0 Å². The van der Waals surface area contributed by atoms with Gasteiger partial charge in [0.15, 0.2) is 0 Å². The van der Waals surface area contributed by atoms with Gasteiger partial charge >= 0.3 is 0 Å². The van der Waals surface area contributed by atoms with Crippen LogP contribution in [0.5, 0.6) is 0 Å². The van der Waals surface area contributed by atoms with Crippen LogP contribution in [0.2, 0.25) is 0 Å². The Morgan fingerprint density at radius 3 is 1.25 bits per heavy atom. The highest BCUT2D eigenvalue weighted by molar-refractivity contribution is 5.01. The summed E-state index contributed by atoms with van der Waals surface area (Å²) in [6.45, 7) is 23.2. The summed E-state index contributed by atoms with van der Waals surface area (Å²) in [6, 6.07) is 1.26. The summed E-state index contributed by atoms with van der Waals surface area (Å²) in [7, 11) is 0. The van der Waals surface area contributed by atoms with Crippen molar-refractivity contribution in [1.82, 2.24) is 10.6 Å². The fraction of sp³-hybridized carbons (Fsp3) is 0.765. The summed E-state index contributed by atoms with van der Waals surface area (Å²) < 4.78 is 0. The number of rotatable bonds is 10. The molecule has 0 amide bonds. The zero-order chi connectivity index (χ0) is 27.3. The van der Waals surface area contributed by atoms with Crippen LogP contribution in [0.25, 0.3) is 0 Å². The Morgan fingerprint density at radius 2 is 0.944 bits per heavy atom. The molecule has 0 heterocycles. The highest BCUT2D eigenvalue weighted by atomic mass is 14.9. The van der Waals surface area contributed by atoms with E-state index in [0.29, 0.717) is 33.7 Å². The summed E-state index contributed by atoms with van der Waals surface area (Å²) in [5.74, 6) is 0. The van der Waals surface area contributed by atoms with Crippen molar-refractivity contribution in [3.63, 3.8) is 0 Å². The van der Waals surface area contributed by atoms with E-state index < -0.39 is 0 Å². The maximum absolute atomic E-state index is 3.61. The van der Waals surface area contributed by atoms with Crippen molar-refractivity contribution >= 4 is 0 Å². The maximum atomic E-state index is 3.61. The van der Waals surface area contributed by atoms with Crippen molar-refractivity contribution in [2.24, 2.45) is 21.7 Å². The van der Waals surface area contributed by atoms with Crippen molar-refractivity contribution < 1.29 is 0 Å². The van der Waals surface area contributed by atoms with E-state index in [0.717, 1.165) is 12.8 Å². The fourth-order valence-electron chi connectivity index (χ4n) is 7.26. The number of allylic oxidation sites excluding steroid dienone is 6. The second-order valence-electron chi connectivity index (χ2n) is 14.0. The number of hydrogen-bond donors (Lipinski definition) is 2. The Labute approximate surface area is 226 Å². The van der Waals surface area contributed by atoms with Crippen LogP contribution in [0.15, 0.2) is 48.9 Å². The molecule has 36 heavy (non-hydrogen) atoms. The van der Waals surface area contributed by atoms with Gasteiger partial charge in [-0.2, -0.15) is 0 Å². The number of nitrogens with one attached hydrogen (secondary N) is 2. The van der Waals surface area contributed by atoms with E-state index in [9.17, 15) is 0 Å². The third kappa shape index (κ3) is 12.7. The minimum absolute atomic E-state index is 0.450. The van der Waals surface area contributed by atoms with Gasteiger partial charge in [0.1, 0.15) is 0 Å². The molecule has 0 aromatic carbocycles. The van der Waals surface area contributed by atoms with E-state index in [1.165, 1.54) is 51.4 Å². The van der Waals surface area contributed by atoms with Crippen LogP contribution in [0, 0.1) is 21.7 Å². The molecule has 2 N–H and O–H groups in total. The molecule has 0 aliphatic heterocycles. The maximum Gasteiger partial charge on any atom is 0.0266 e. The summed E-state index contributed by atoms with van der Waals surface area (Å²) >= 11 is 0. The van der Waals surface area contributed by atoms with E-state index in [4.69, 9.17) is 0 Å². The van der Waals surface area contributed by atoms with Crippen LogP contribution in [0.4, 0.5) is 0 Å². The second kappa shape index (κ2) is 15.1. The molecule has 2 fully saturated rings. The highest BCUT2D eigenvalue weighted by Crippen LogP contribution is 2.49. The summed E-state index contributed by atoms with van der Waals surface area (Å²) in [6.07, 6.45) is 30.2. The Bertz CT molecular complexity index is 663. The summed E-state index contributed by atoms with van der Waals surface area (Å²) in [5.41, 5.74) is 1.80. The minimum atomic E-state index is 0.450. The van der Waals surface area contributed by atoms with Gasteiger partial charge in [0.25, 0.3) is 0 Å². The SMILES string of the molecule is CC=CCC1(C)CC(NC=CCC)CC(C)(C)C1.CC=CCC1(C)CC(NC=CCC)CC(C)(C)C1. The lowest BCUT2D eigenvalue weighted by molar-refractivity contribution is 0.0772. The molecule has 2 saturated carbocycles. The van der Waals surface area contributed by atoms with Gasteiger partial charge in [-0.25, -0.2) is 0 Å². The molecule has 4 unspecified atom stereocenters. The van der Waals surface area contributed by atoms with Crippen molar-refractivity contribution in [2.75, 3.05) is 0 Å². The predicted octanol–water partition coefficient (Wildman–Crippen LogP) is 10.1. The van der Waals surface area contributed by atoms with Gasteiger partial charge in [0, 0.05) is 12.1 Å². The summed E-state index contributed by atoms with van der Waals surface area (Å²) in [5, 5.41) is 7.21. The molecule has 0 bridgehead atoms. The van der Waals surface area contributed by atoms with Crippen LogP contribution in [0.3, 0.4) is 0 Å². The number of hydrogen-bond acceptors (Lipinski definition) is 2. The van der Waals surface area contributed by atoms with Crippen LogP contribution < -0.4 is 10.6 Å². The third-order valence-electron chi connectivity index (χ3n) is 7.95. The quantitative estimate of drug-likeness (QED) is 0.293. The van der Waals surface area contributed by atoms with Gasteiger partial charge in [-0.05, 0) is 112 Å². The molecule has 2 aliphatic carbocycles. The van der Waals surface area contributed by atoms with Gasteiger partial charge in [0.05, 0.1) is 0 Å². The summed E-state index contributed by atoms with van der Waals surface area (Å²) in [4.78, 5) is 0. The molecular weight excluding hydrogens is 436 g/mol. The van der Waals surface area contributed by atoms with Crippen molar-refractivity contribution in [2.45, 2.75) is 146 Å². The normalized spacial score (nSPS) is 32.2. The van der Waals surface area contributed by atoms with E-state index in [1.807, 2.05) is 0 Å². The molecular formula is C34H62N2. The molecule has 2 rings (SSSR count). The topological polar surface area (TPSA) is 24.1 Å². The first-order valence-corrected chi connectivity index (χ1v) is 14.9. The van der Waals surface area contributed by atoms with Gasteiger partial charge in [-0.1, -0.05) is 91.8 Å². The van der Waals surface area contributed by atoms with Crippen LogP contribution in [-0.2, 0) is 0 Å². The Morgan fingerprint density at radius 1 is 0.583 bits per heavy atom. The lowest BCUT2D eigenvalue weighted by atomic mass is 9.61. The van der Waals surface area contributed by atoms with Gasteiger partial charge < -0.3 is 10.6 Å². The Hall–Kier alpha value is -1.44. The van der Waals surface area contributed by atoms with E-state index in [2.05, 4.69) is 129 Å². The van der Waals surface area contributed by atoms with E-state index >= 15 is 0 Å². The zero-order valence-corrected chi connectivity index (χ0v) is 25.8. The molecule has 2 aliphatic rings. The highest BCUT2D eigenvalue weighted by Gasteiger charge is 2.41. The Balaban J connectivity index is 0.000000360. The van der Waals surface area contributed by atoms with Gasteiger partial charge in [0.2, 0.25) is 0 Å². The van der Waals surface area contributed by atoms with Gasteiger partial charge in [-0.15, -0.1) is 0 Å². The standard InChI is InChI=1S/2C17H31N/c2*1-6-8-10-17(5)13-15(18-11-9-7-2)12-16(3,4)14-17/h2*6,8-9,11,15,18H,7,10,12-14H2,1-5H3. The molecule has 0 aromatic rings. The fourth-order valence-corrected chi connectivity index (χ4v) is 7.26. The molecule has 2 heteroatoms. The first-order chi connectivity index (χ1) is 16.8. The van der Waals surface area contributed by atoms with E-state index in [1.54, 1.807) is 0 Å². The first kappa shape index (κ1) is 32.6.